The Morgan fingerprint density at radius 2 is 2.40 bits per heavy atom. The van der Waals surface area contributed by atoms with E-state index in [9.17, 15) is 9.59 Å². The van der Waals surface area contributed by atoms with Gasteiger partial charge in [0.05, 0.1) is 6.04 Å². The van der Waals surface area contributed by atoms with Crippen LogP contribution in [0.25, 0.3) is 0 Å². The first-order chi connectivity index (χ1) is 9.75. The van der Waals surface area contributed by atoms with Gasteiger partial charge in [-0.05, 0) is 11.6 Å². The maximum absolute atomic E-state index is 12.6. The number of aromatic nitrogens is 1. The Balaban J connectivity index is 1.78. The summed E-state index contributed by atoms with van der Waals surface area (Å²) in [5.41, 5.74) is 1.02. The Bertz CT molecular complexity index is 510. The van der Waals surface area contributed by atoms with Crippen LogP contribution in [0.15, 0.2) is 24.5 Å². The quantitative estimate of drug-likeness (QED) is 0.824. The van der Waals surface area contributed by atoms with Gasteiger partial charge in [0.2, 0.25) is 5.91 Å². The van der Waals surface area contributed by atoms with E-state index in [2.05, 4.69) is 15.6 Å². The van der Waals surface area contributed by atoms with Gasteiger partial charge in [0, 0.05) is 37.8 Å². The maximum Gasteiger partial charge on any atom is 0.279 e. The third kappa shape index (κ3) is 2.64. The summed E-state index contributed by atoms with van der Waals surface area (Å²) in [6.45, 7) is 2.14. The third-order valence-electron chi connectivity index (χ3n) is 3.57. The predicted octanol–water partition coefficient (Wildman–Crippen LogP) is 0.380. The lowest BCUT2D eigenvalue weighted by molar-refractivity contribution is -0.135. The zero-order chi connectivity index (χ0) is 13.9. The fourth-order valence-electron chi connectivity index (χ4n) is 2.56. The summed E-state index contributed by atoms with van der Waals surface area (Å²) in [6.07, 6.45) is 3.51. The van der Waals surface area contributed by atoms with Crippen LogP contribution in [0, 0.1) is 0 Å². The second-order valence-electron chi connectivity index (χ2n) is 4.83. The molecule has 1 aromatic heterocycles. The van der Waals surface area contributed by atoms with E-state index in [1.165, 1.54) is 11.8 Å². The summed E-state index contributed by atoms with van der Waals surface area (Å²) in [4.78, 5) is 29.8. The third-order valence-corrected chi connectivity index (χ3v) is 4.45. The second-order valence-corrected chi connectivity index (χ2v) is 5.83. The smallest absolute Gasteiger partial charge is 0.279 e. The molecule has 3 heterocycles. The maximum atomic E-state index is 12.6. The van der Waals surface area contributed by atoms with Crippen molar-refractivity contribution in [1.82, 2.24) is 20.5 Å². The molecule has 1 aromatic rings. The average Bonchev–Trinajstić information content (AvgIpc) is 2.94. The lowest BCUT2D eigenvalue weighted by Crippen LogP contribution is -2.54. The van der Waals surface area contributed by atoms with Crippen LogP contribution in [0.2, 0.25) is 0 Å². The van der Waals surface area contributed by atoms with Crippen LogP contribution in [-0.4, -0.2) is 52.5 Å². The summed E-state index contributed by atoms with van der Waals surface area (Å²) in [7, 11) is 0. The molecule has 2 aliphatic heterocycles. The summed E-state index contributed by atoms with van der Waals surface area (Å²) in [5.74, 6) is 0.514. The average molecular weight is 292 g/mol. The van der Waals surface area contributed by atoms with E-state index in [1.807, 2.05) is 17.0 Å². The van der Waals surface area contributed by atoms with Gasteiger partial charge in [-0.3, -0.25) is 14.6 Å². The van der Waals surface area contributed by atoms with E-state index in [4.69, 9.17) is 0 Å². The minimum absolute atomic E-state index is 0.00120. The number of nitrogens with zero attached hydrogens (tertiary/aromatic N) is 2. The zero-order valence-corrected chi connectivity index (χ0v) is 11.7. The molecule has 0 saturated carbocycles. The van der Waals surface area contributed by atoms with E-state index >= 15 is 0 Å². The van der Waals surface area contributed by atoms with Crippen molar-refractivity contribution >= 4 is 22.9 Å². The summed E-state index contributed by atoms with van der Waals surface area (Å²) in [5, 5.41) is 5.91. The number of carbonyl (C=O) groups excluding carboxylic acids is 2. The molecule has 0 aliphatic carbocycles. The monoisotopic (exact) mass is 292 g/mol. The normalized spacial score (nSPS) is 26.4. The van der Waals surface area contributed by atoms with Gasteiger partial charge in [0.25, 0.3) is 5.24 Å². The predicted molar refractivity (Wildman–Crippen MR) is 76.3 cm³/mol. The van der Waals surface area contributed by atoms with Crippen molar-refractivity contribution in [2.24, 2.45) is 0 Å². The Morgan fingerprint density at radius 3 is 3.10 bits per heavy atom. The fourth-order valence-corrected chi connectivity index (χ4v) is 3.33. The standard InChI is InChI=1S/C13H16N4O2S/c18-12(10-8-20-13(19)16-10)17-5-4-15-7-11(17)9-2-1-3-14-6-9/h1-3,6,10-11,15H,4-5,7-8H2,(H,16,19)/t10-,11?/m0/s1. The largest absolute Gasteiger partial charge is 0.334 e. The lowest BCUT2D eigenvalue weighted by atomic mass is 10.0. The molecule has 3 rings (SSSR count). The molecule has 106 valence electrons. The van der Waals surface area contributed by atoms with Crippen molar-refractivity contribution in [3.63, 3.8) is 0 Å². The molecule has 20 heavy (non-hydrogen) atoms. The minimum atomic E-state index is -0.398. The van der Waals surface area contributed by atoms with Gasteiger partial charge in [0.15, 0.2) is 0 Å². The number of rotatable bonds is 2. The number of nitrogens with one attached hydrogen (secondary N) is 2. The molecule has 6 nitrogen and oxygen atoms in total. The van der Waals surface area contributed by atoms with Gasteiger partial charge in [-0.1, -0.05) is 17.8 Å². The van der Waals surface area contributed by atoms with Crippen LogP contribution in [0.4, 0.5) is 4.79 Å². The molecule has 2 N–H and O–H groups in total. The van der Waals surface area contributed by atoms with Gasteiger partial charge in [-0.15, -0.1) is 0 Å². The first kappa shape index (κ1) is 13.4. The highest BCUT2D eigenvalue weighted by Gasteiger charge is 2.36. The van der Waals surface area contributed by atoms with Crippen molar-refractivity contribution in [3.8, 4) is 0 Å². The van der Waals surface area contributed by atoms with Crippen molar-refractivity contribution in [2.75, 3.05) is 25.4 Å². The number of hydrogen-bond acceptors (Lipinski definition) is 5. The van der Waals surface area contributed by atoms with Crippen LogP contribution in [-0.2, 0) is 4.79 Å². The number of hydrogen-bond donors (Lipinski definition) is 2. The fraction of sp³-hybridized carbons (Fsp3) is 0.462. The van der Waals surface area contributed by atoms with Gasteiger partial charge in [-0.25, -0.2) is 0 Å². The first-order valence-electron chi connectivity index (χ1n) is 6.60. The van der Waals surface area contributed by atoms with Gasteiger partial charge in [0.1, 0.15) is 6.04 Å². The molecule has 0 spiro atoms. The molecular weight excluding hydrogens is 276 g/mol. The summed E-state index contributed by atoms with van der Waals surface area (Å²) >= 11 is 1.17. The number of thioether (sulfide) groups is 1. The van der Waals surface area contributed by atoms with Gasteiger partial charge < -0.3 is 15.5 Å². The Morgan fingerprint density at radius 1 is 1.50 bits per heavy atom. The van der Waals surface area contributed by atoms with Crippen molar-refractivity contribution in [1.29, 1.82) is 0 Å². The topological polar surface area (TPSA) is 74.3 Å². The minimum Gasteiger partial charge on any atom is -0.334 e. The molecule has 0 aromatic carbocycles. The van der Waals surface area contributed by atoms with E-state index in [1.54, 1.807) is 12.4 Å². The number of pyridine rings is 1. The van der Waals surface area contributed by atoms with Gasteiger partial charge >= 0.3 is 0 Å². The van der Waals surface area contributed by atoms with Gasteiger partial charge in [-0.2, -0.15) is 0 Å². The zero-order valence-electron chi connectivity index (χ0n) is 10.9. The van der Waals surface area contributed by atoms with Crippen molar-refractivity contribution in [3.05, 3.63) is 30.1 Å². The number of piperazine rings is 1. The molecule has 2 atom stereocenters. The van der Waals surface area contributed by atoms with E-state index in [-0.39, 0.29) is 17.2 Å². The van der Waals surface area contributed by atoms with Crippen LogP contribution in [0.5, 0.6) is 0 Å². The van der Waals surface area contributed by atoms with E-state index in [0.717, 1.165) is 12.1 Å². The Labute approximate surface area is 121 Å². The van der Waals surface area contributed by atoms with Crippen molar-refractivity contribution in [2.45, 2.75) is 12.1 Å². The van der Waals surface area contributed by atoms with Crippen LogP contribution in [0.1, 0.15) is 11.6 Å². The SMILES string of the molecule is O=C1N[C@H](C(=O)N2CCNCC2c2cccnc2)CS1. The number of amides is 2. The van der Waals surface area contributed by atoms with Crippen LogP contribution in [0.3, 0.4) is 0 Å². The summed E-state index contributed by atoms with van der Waals surface area (Å²) < 4.78 is 0. The lowest BCUT2D eigenvalue weighted by Gasteiger charge is -2.37. The molecule has 1 unspecified atom stereocenters. The number of carbonyl (C=O) groups is 2. The summed E-state index contributed by atoms with van der Waals surface area (Å²) in [6, 6.07) is 3.43. The van der Waals surface area contributed by atoms with Crippen molar-refractivity contribution < 1.29 is 9.59 Å². The highest BCUT2D eigenvalue weighted by atomic mass is 32.2. The molecule has 2 saturated heterocycles. The van der Waals surface area contributed by atoms with E-state index < -0.39 is 6.04 Å². The second kappa shape index (κ2) is 5.80. The molecule has 0 radical (unpaired) electrons. The molecule has 2 amide bonds. The molecule has 2 fully saturated rings. The molecule has 7 heteroatoms. The highest BCUT2D eigenvalue weighted by molar-refractivity contribution is 8.14. The highest BCUT2D eigenvalue weighted by Crippen LogP contribution is 2.24. The van der Waals surface area contributed by atoms with Crippen LogP contribution < -0.4 is 10.6 Å². The molecule has 2 aliphatic rings. The Kier molecular flexibility index (Phi) is 3.88. The van der Waals surface area contributed by atoms with E-state index in [0.29, 0.717) is 18.8 Å². The van der Waals surface area contributed by atoms with Crippen LogP contribution >= 0.6 is 11.8 Å². The first-order valence-corrected chi connectivity index (χ1v) is 7.58. The molecular formula is C13H16N4O2S. The molecule has 0 bridgehead atoms. The Hall–Kier alpha value is -1.60.